The van der Waals surface area contributed by atoms with E-state index in [2.05, 4.69) is 11.4 Å². The molecule has 0 spiro atoms. The molecule has 2 aromatic rings. The van der Waals surface area contributed by atoms with E-state index >= 15 is 0 Å². The summed E-state index contributed by atoms with van der Waals surface area (Å²) in [6, 6.07) is 16.1. The zero-order valence-electron chi connectivity index (χ0n) is 11.3. The maximum atomic E-state index is 9.87. The number of anilines is 1. The fraction of sp³-hybridized carbons (Fsp3) is 0.188. The molecule has 0 aliphatic heterocycles. The second kappa shape index (κ2) is 7.53. The minimum absolute atomic E-state index is 0.170. The summed E-state index contributed by atoms with van der Waals surface area (Å²) in [5.41, 5.74) is 1.45. The molecule has 4 nitrogen and oxygen atoms in total. The lowest BCUT2D eigenvalue weighted by Gasteiger charge is -2.14. The fourth-order valence-corrected chi connectivity index (χ4v) is 1.89. The van der Waals surface area contributed by atoms with Crippen molar-refractivity contribution < 1.29 is 9.84 Å². The van der Waals surface area contributed by atoms with Gasteiger partial charge in [0.05, 0.1) is 11.6 Å². The number of nitriles is 1. The van der Waals surface area contributed by atoms with Crippen molar-refractivity contribution in [3.8, 4) is 11.8 Å². The van der Waals surface area contributed by atoms with Gasteiger partial charge >= 0.3 is 0 Å². The van der Waals surface area contributed by atoms with Crippen LogP contribution in [-0.2, 0) is 0 Å². The van der Waals surface area contributed by atoms with Gasteiger partial charge in [0.25, 0.3) is 0 Å². The van der Waals surface area contributed by atoms with E-state index in [9.17, 15) is 5.11 Å². The number of nitrogens with one attached hydrogen (secondary N) is 1. The van der Waals surface area contributed by atoms with E-state index in [1.807, 2.05) is 0 Å². The number of rotatable bonds is 6. The molecule has 2 rings (SSSR count). The van der Waals surface area contributed by atoms with Crippen LogP contribution in [0.4, 0.5) is 5.69 Å². The highest BCUT2D eigenvalue weighted by Crippen LogP contribution is 2.17. The second-order valence-corrected chi connectivity index (χ2v) is 4.93. The molecule has 0 aliphatic rings. The molecule has 0 saturated heterocycles. The van der Waals surface area contributed by atoms with E-state index in [1.165, 1.54) is 0 Å². The summed E-state index contributed by atoms with van der Waals surface area (Å²) < 4.78 is 5.46. The Bertz CT molecular complexity index is 623. The topological polar surface area (TPSA) is 65.3 Å². The number of benzene rings is 2. The third-order valence-electron chi connectivity index (χ3n) is 2.79. The first kappa shape index (κ1) is 15.2. The Hall–Kier alpha value is -2.22. The molecule has 0 heterocycles. The van der Waals surface area contributed by atoms with Crippen molar-refractivity contribution in [1.29, 1.82) is 5.26 Å². The highest BCUT2D eigenvalue weighted by Gasteiger charge is 2.05. The van der Waals surface area contributed by atoms with E-state index in [0.717, 1.165) is 5.69 Å². The number of nitrogens with zero attached hydrogens (tertiary/aromatic N) is 1. The van der Waals surface area contributed by atoms with Crippen LogP contribution in [0.2, 0.25) is 5.02 Å². The van der Waals surface area contributed by atoms with Crippen LogP contribution < -0.4 is 10.1 Å². The monoisotopic (exact) mass is 302 g/mol. The van der Waals surface area contributed by atoms with Crippen LogP contribution in [0.25, 0.3) is 0 Å². The van der Waals surface area contributed by atoms with Gasteiger partial charge in [-0.3, -0.25) is 0 Å². The van der Waals surface area contributed by atoms with Crippen LogP contribution in [0.1, 0.15) is 5.56 Å². The van der Waals surface area contributed by atoms with Crippen LogP contribution >= 0.6 is 11.6 Å². The zero-order valence-corrected chi connectivity index (χ0v) is 12.0. The number of aliphatic hydroxyl groups is 1. The fourth-order valence-electron chi connectivity index (χ4n) is 1.71. The molecule has 0 aromatic heterocycles. The van der Waals surface area contributed by atoms with Crippen LogP contribution in [0, 0.1) is 11.3 Å². The van der Waals surface area contributed by atoms with Gasteiger partial charge < -0.3 is 15.2 Å². The van der Waals surface area contributed by atoms with Gasteiger partial charge in [-0.25, -0.2) is 0 Å². The van der Waals surface area contributed by atoms with E-state index in [1.54, 1.807) is 48.5 Å². The van der Waals surface area contributed by atoms with Crippen LogP contribution in [0.15, 0.2) is 48.5 Å². The largest absolute Gasteiger partial charge is 0.491 e. The highest BCUT2D eigenvalue weighted by atomic mass is 35.5. The summed E-state index contributed by atoms with van der Waals surface area (Å²) in [4.78, 5) is 0. The normalized spacial score (nSPS) is 11.5. The van der Waals surface area contributed by atoms with Crippen LogP contribution in [0.5, 0.6) is 5.75 Å². The average molecular weight is 303 g/mol. The minimum atomic E-state index is -0.653. The van der Waals surface area contributed by atoms with E-state index in [0.29, 0.717) is 22.9 Å². The molecule has 2 aromatic carbocycles. The molecule has 2 N–H and O–H groups in total. The van der Waals surface area contributed by atoms with Crippen molar-refractivity contribution in [3.63, 3.8) is 0 Å². The number of aliphatic hydroxyl groups excluding tert-OH is 1. The molecule has 108 valence electrons. The summed E-state index contributed by atoms with van der Waals surface area (Å²) in [5, 5.41) is 22.3. The first-order chi connectivity index (χ1) is 10.2. The third kappa shape index (κ3) is 4.99. The molecule has 5 heteroatoms. The van der Waals surface area contributed by atoms with Gasteiger partial charge in [0.15, 0.2) is 0 Å². The maximum absolute atomic E-state index is 9.87. The van der Waals surface area contributed by atoms with E-state index < -0.39 is 6.10 Å². The second-order valence-electron chi connectivity index (χ2n) is 4.49. The predicted molar refractivity (Wildman–Crippen MR) is 82.6 cm³/mol. The summed E-state index contributed by atoms with van der Waals surface area (Å²) in [6.45, 7) is 0.524. The maximum Gasteiger partial charge on any atom is 0.120 e. The third-order valence-corrected chi connectivity index (χ3v) is 3.03. The van der Waals surface area contributed by atoms with Gasteiger partial charge in [-0.05, 0) is 42.5 Å². The summed E-state index contributed by atoms with van der Waals surface area (Å²) in [7, 11) is 0. The average Bonchev–Trinajstić information content (AvgIpc) is 2.51. The number of halogens is 1. The molecule has 1 atom stereocenters. The van der Waals surface area contributed by atoms with Gasteiger partial charge in [-0.1, -0.05) is 17.7 Å². The van der Waals surface area contributed by atoms with Crippen LogP contribution in [-0.4, -0.2) is 24.4 Å². The Kier molecular flexibility index (Phi) is 5.44. The van der Waals surface area contributed by atoms with Crippen LogP contribution in [0.3, 0.4) is 0 Å². The SMILES string of the molecule is N#Cc1ccc(NCC(O)COc2cccc(Cl)c2)cc1. The van der Waals surface area contributed by atoms with Crippen molar-refractivity contribution in [1.82, 2.24) is 0 Å². The molecule has 0 saturated carbocycles. The van der Waals surface area contributed by atoms with E-state index in [4.69, 9.17) is 21.6 Å². The van der Waals surface area contributed by atoms with Crippen molar-refractivity contribution >= 4 is 17.3 Å². The molecule has 0 amide bonds. The molecule has 0 radical (unpaired) electrons. The Morgan fingerprint density at radius 3 is 2.67 bits per heavy atom. The minimum Gasteiger partial charge on any atom is -0.491 e. The van der Waals surface area contributed by atoms with Gasteiger partial charge in [-0.2, -0.15) is 5.26 Å². The molecule has 0 aliphatic carbocycles. The van der Waals surface area contributed by atoms with Gasteiger partial charge in [0.2, 0.25) is 0 Å². The molecular formula is C16H15ClN2O2. The summed E-state index contributed by atoms with van der Waals surface area (Å²) in [6.07, 6.45) is -0.653. The van der Waals surface area contributed by atoms with Crippen molar-refractivity contribution in [3.05, 3.63) is 59.1 Å². The Morgan fingerprint density at radius 1 is 1.24 bits per heavy atom. The van der Waals surface area contributed by atoms with Gasteiger partial charge in [-0.15, -0.1) is 0 Å². The zero-order chi connectivity index (χ0) is 15.1. The number of hydrogen-bond acceptors (Lipinski definition) is 4. The molecule has 0 fully saturated rings. The van der Waals surface area contributed by atoms with Crippen molar-refractivity contribution in [2.45, 2.75) is 6.10 Å². The molecule has 21 heavy (non-hydrogen) atoms. The van der Waals surface area contributed by atoms with E-state index in [-0.39, 0.29) is 6.61 Å². The standard InChI is InChI=1S/C16H15ClN2O2/c17-13-2-1-3-16(8-13)21-11-15(20)10-19-14-6-4-12(9-18)5-7-14/h1-8,15,19-20H,10-11H2. The lowest BCUT2D eigenvalue weighted by Crippen LogP contribution is -2.26. The first-order valence-corrected chi connectivity index (χ1v) is 6.85. The lowest BCUT2D eigenvalue weighted by atomic mass is 10.2. The predicted octanol–water partition coefficient (Wildman–Crippen LogP) is 3.06. The lowest BCUT2D eigenvalue weighted by molar-refractivity contribution is 0.117. The summed E-state index contributed by atoms with van der Waals surface area (Å²) >= 11 is 5.85. The Balaban J connectivity index is 1.76. The Labute approximate surface area is 128 Å². The highest BCUT2D eigenvalue weighted by molar-refractivity contribution is 6.30. The van der Waals surface area contributed by atoms with Crippen molar-refractivity contribution in [2.24, 2.45) is 0 Å². The quantitative estimate of drug-likeness (QED) is 0.860. The van der Waals surface area contributed by atoms with Gasteiger partial charge in [0.1, 0.15) is 18.5 Å². The van der Waals surface area contributed by atoms with Crippen molar-refractivity contribution in [2.75, 3.05) is 18.5 Å². The molecular weight excluding hydrogens is 288 g/mol. The smallest absolute Gasteiger partial charge is 0.120 e. The number of hydrogen-bond donors (Lipinski definition) is 2. The summed E-state index contributed by atoms with van der Waals surface area (Å²) in [5.74, 6) is 0.625. The van der Waals surface area contributed by atoms with Gasteiger partial charge in [0, 0.05) is 17.3 Å². The number of ether oxygens (including phenoxy) is 1. The first-order valence-electron chi connectivity index (χ1n) is 6.48. The Morgan fingerprint density at radius 2 is 2.00 bits per heavy atom. The molecule has 0 bridgehead atoms. The molecule has 1 unspecified atom stereocenters.